The monoisotopic (exact) mass is 426 g/mol. The standard InChI is InChI=1S/C20H18N4O5S/c21-9-14-8-16-17(6-7-29-20(16)26)22-18(14)24-10-15(11-24)19(25)23-30(27,28)12-13-4-2-1-3-5-13/h1-5,8,15H,6-7,10-12H2,(H,23,25). The molecule has 1 aromatic heterocycles. The Hall–Kier alpha value is -3.45. The predicted molar refractivity (Wildman–Crippen MR) is 106 cm³/mol. The summed E-state index contributed by atoms with van der Waals surface area (Å²) in [5, 5.41) is 9.42. The number of hydrogen-bond acceptors (Lipinski definition) is 8. The van der Waals surface area contributed by atoms with E-state index in [1.165, 1.54) is 6.07 Å². The molecule has 9 nitrogen and oxygen atoms in total. The quantitative estimate of drug-likeness (QED) is 0.694. The Bertz CT molecular complexity index is 1150. The largest absolute Gasteiger partial charge is 0.462 e. The van der Waals surface area contributed by atoms with Crippen molar-refractivity contribution in [3.8, 4) is 6.07 Å². The number of amides is 1. The van der Waals surface area contributed by atoms with Crippen LogP contribution < -0.4 is 9.62 Å². The number of sulfonamides is 1. The van der Waals surface area contributed by atoms with Crippen molar-refractivity contribution in [2.24, 2.45) is 5.92 Å². The number of nitrogens with one attached hydrogen (secondary N) is 1. The number of benzene rings is 1. The molecule has 1 N–H and O–H groups in total. The average molecular weight is 426 g/mol. The van der Waals surface area contributed by atoms with Crippen molar-refractivity contribution in [2.45, 2.75) is 12.2 Å². The number of rotatable bonds is 5. The van der Waals surface area contributed by atoms with Gasteiger partial charge in [-0.15, -0.1) is 0 Å². The molecule has 1 saturated heterocycles. The molecule has 0 saturated carbocycles. The number of pyridine rings is 1. The Kier molecular flexibility index (Phi) is 5.13. The van der Waals surface area contributed by atoms with Crippen LogP contribution in [0.4, 0.5) is 5.82 Å². The second-order valence-corrected chi connectivity index (χ2v) is 8.89. The molecule has 0 spiro atoms. The first kappa shape index (κ1) is 19.8. The fourth-order valence-electron chi connectivity index (χ4n) is 3.43. The van der Waals surface area contributed by atoms with E-state index in [1.807, 2.05) is 6.07 Å². The topological polar surface area (TPSA) is 129 Å². The van der Waals surface area contributed by atoms with Crippen LogP contribution in [0.3, 0.4) is 0 Å². The van der Waals surface area contributed by atoms with E-state index in [0.29, 0.717) is 23.5 Å². The van der Waals surface area contributed by atoms with E-state index in [0.717, 1.165) is 0 Å². The summed E-state index contributed by atoms with van der Waals surface area (Å²) in [7, 11) is -3.81. The van der Waals surface area contributed by atoms with Crippen LogP contribution in [0.15, 0.2) is 36.4 Å². The molecule has 1 fully saturated rings. The second kappa shape index (κ2) is 7.76. The van der Waals surface area contributed by atoms with Crippen LogP contribution >= 0.6 is 0 Å². The molecular formula is C20H18N4O5S. The summed E-state index contributed by atoms with van der Waals surface area (Å²) in [6, 6.07) is 12.1. The van der Waals surface area contributed by atoms with Gasteiger partial charge in [0.2, 0.25) is 15.9 Å². The highest BCUT2D eigenvalue weighted by atomic mass is 32.2. The molecule has 30 heavy (non-hydrogen) atoms. The van der Waals surface area contributed by atoms with Gasteiger partial charge in [-0.05, 0) is 11.6 Å². The molecule has 0 radical (unpaired) electrons. The summed E-state index contributed by atoms with van der Waals surface area (Å²) in [6.45, 7) is 0.698. The first-order valence-electron chi connectivity index (χ1n) is 9.30. The molecule has 4 rings (SSSR count). The summed E-state index contributed by atoms with van der Waals surface area (Å²) >= 11 is 0. The van der Waals surface area contributed by atoms with Gasteiger partial charge in [-0.1, -0.05) is 30.3 Å². The van der Waals surface area contributed by atoms with Crippen molar-refractivity contribution < 1.29 is 22.7 Å². The van der Waals surface area contributed by atoms with Crippen LogP contribution in [0.2, 0.25) is 0 Å². The van der Waals surface area contributed by atoms with Gasteiger partial charge in [0.15, 0.2) is 0 Å². The van der Waals surface area contributed by atoms with Gasteiger partial charge in [0.1, 0.15) is 11.9 Å². The Labute approximate surface area is 173 Å². The summed E-state index contributed by atoms with van der Waals surface area (Å²) in [5.74, 6) is -1.51. The number of hydrogen-bond donors (Lipinski definition) is 1. The van der Waals surface area contributed by atoms with Crippen LogP contribution in [-0.2, 0) is 31.7 Å². The smallest absolute Gasteiger partial charge is 0.340 e. The average Bonchev–Trinajstić information content (AvgIpc) is 2.66. The number of nitrogens with zero attached hydrogens (tertiary/aromatic N) is 3. The molecule has 2 aliphatic rings. The van der Waals surface area contributed by atoms with Gasteiger partial charge < -0.3 is 9.64 Å². The van der Waals surface area contributed by atoms with Gasteiger partial charge in [0.25, 0.3) is 0 Å². The summed E-state index contributed by atoms with van der Waals surface area (Å²) in [5.41, 5.74) is 1.63. The number of cyclic esters (lactones) is 1. The first-order chi connectivity index (χ1) is 14.4. The van der Waals surface area contributed by atoms with Crippen LogP contribution in [0, 0.1) is 17.2 Å². The number of esters is 1. The lowest BCUT2D eigenvalue weighted by molar-refractivity contribution is -0.123. The van der Waals surface area contributed by atoms with E-state index in [4.69, 9.17) is 4.74 Å². The summed E-state index contributed by atoms with van der Waals surface area (Å²) in [4.78, 5) is 30.4. The van der Waals surface area contributed by atoms with Gasteiger partial charge in [-0.3, -0.25) is 9.52 Å². The van der Waals surface area contributed by atoms with Crippen molar-refractivity contribution in [2.75, 3.05) is 24.6 Å². The number of fused-ring (bicyclic) bond motifs is 1. The maximum atomic E-state index is 12.4. The maximum Gasteiger partial charge on any atom is 0.340 e. The first-order valence-corrected chi connectivity index (χ1v) is 11.0. The fraction of sp³-hybridized carbons (Fsp3) is 0.300. The van der Waals surface area contributed by atoms with Gasteiger partial charge >= 0.3 is 5.97 Å². The molecule has 0 aliphatic carbocycles. The molecule has 1 aromatic carbocycles. The van der Waals surface area contributed by atoms with Gasteiger partial charge in [-0.25, -0.2) is 18.2 Å². The van der Waals surface area contributed by atoms with E-state index in [1.54, 1.807) is 35.2 Å². The molecule has 0 atom stereocenters. The summed E-state index contributed by atoms with van der Waals surface area (Å²) < 4.78 is 31.6. The highest BCUT2D eigenvalue weighted by Crippen LogP contribution is 2.29. The van der Waals surface area contributed by atoms with Gasteiger partial charge in [-0.2, -0.15) is 5.26 Å². The van der Waals surface area contributed by atoms with E-state index in [-0.39, 0.29) is 36.6 Å². The predicted octanol–water partition coefficient (Wildman–Crippen LogP) is 0.749. The molecule has 2 aliphatic heterocycles. The van der Waals surface area contributed by atoms with Crippen LogP contribution in [0.5, 0.6) is 0 Å². The second-order valence-electron chi connectivity index (χ2n) is 7.16. The van der Waals surface area contributed by atoms with Crippen molar-refractivity contribution >= 4 is 27.7 Å². The number of nitriles is 1. The zero-order valence-corrected chi connectivity index (χ0v) is 16.7. The third kappa shape index (κ3) is 3.97. The number of aromatic nitrogens is 1. The van der Waals surface area contributed by atoms with Crippen LogP contribution in [-0.4, -0.2) is 45.0 Å². The Morgan fingerprint density at radius 1 is 1.30 bits per heavy atom. The molecule has 3 heterocycles. The molecule has 2 aromatic rings. The Balaban J connectivity index is 1.42. The van der Waals surface area contributed by atoms with Crippen molar-refractivity contribution in [3.05, 3.63) is 58.8 Å². The third-order valence-corrected chi connectivity index (χ3v) is 6.23. The number of carbonyl (C=O) groups is 2. The lowest BCUT2D eigenvalue weighted by Gasteiger charge is -2.39. The van der Waals surface area contributed by atoms with Gasteiger partial charge in [0, 0.05) is 19.5 Å². The van der Waals surface area contributed by atoms with E-state index < -0.39 is 27.8 Å². The minimum absolute atomic E-state index is 0.211. The van der Waals surface area contributed by atoms with E-state index in [2.05, 4.69) is 9.71 Å². The zero-order chi connectivity index (χ0) is 21.3. The lowest BCUT2D eigenvalue weighted by Crippen LogP contribution is -2.55. The molecule has 154 valence electrons. The zero-order valence-electron chi connectivity index (χ0n) is 15.9. The Morgan fingerprint density at radius 2 is 2.03 bits per heavy atom. The highest BCUT2D eigenvalue weighted by molar-refractivity contribution is 7.89. The fourth-order valence-corrected chi connectivity index (χ4v) is 4.61. The van der Waals surface area contributed by atoms with Crippen molar-refractivity contribution in [3.63, 3.8) is 0 Å². The molecule has 0 bridgehead atoms. The van der Waals surface area contributed by atoms with Crippen molar-refractivity contribution in [1.29, 1.82) is 5.26 Å². The SMILES string of the molecule is N#Cc1cc2c(nc1N1CC(C(=O)NS(=O)(=O)Cc3ccccc3)C1)CCOC2=O. The lowest BCUT2D eigenvalue weighted by atomic mass is 9.98. The number of ether oxygens (including phenoxy) is 1. The maximum absolute atomic E-state index is 12.4. The van der Waals surface area contributed by atoms with Gasteiger partial charge in [0.05, 0.1) is 35.1 Å². The van der Waals surface area contributed by atoms with Crippen molar-refractivity contribution in [1.82, 2.24) is 9.71 Å². The number of anilines is 1. The normalized spacial score (nSPS) is 16.1. The third-order valence-electron chi connectivity index (χ3n) is 5.00. The molecule has 10 heteroatoms. The van der Waals surface area contributed by atoms with Crippen LogP contribution in [0.25, 0.3) is 0 Å². The van der Waals surface area contributed by atoms with Crippen LogP contribution in [0.1, 0.15) is 27.2 Å². The molecule has 0 unspecified atom stereocenters. The van der Waals surface area contributed by atoms with E-state index in [9.17, 15) is 23.3 Å². The Morgan fingerprint density at radius 3 is 2.73 bits per heavy atom. The number of carbonyl (C=O) groups excluding carboxylic acids is 2. The minimum Gasteiger partial charge on any atom is -0.462 e. The molecule has 1 amide bonds. The minimum atomic E-state index is -3.81. The highest BCUT2D eigenvalue weighted by Gasteiger charge is 2.37. The molecular weight excluding hydrogens is 408 g/mol. The summed E-state index contributed by atoms with van der Waals surface area (Å²) in [6.07, 6.45) is 0.454. The van der Waals surface area contributed by atoms with E-state index >= 15 is 0 Å².